The van der Waals surface area contributed by atoms with E-state index in [-0.39, 0.29) is 42.5 Å². The average Bonchev–Trinajstić information content (AvgIpc) is 3.72. The van der Waals surface area contributed by atoms with Crippen LogP contribution in [0.2, 0.25) is 0 Å². The third-order valence-electron chi connectivity index (χ3n) is 8.48. The summed E-state index contributed by atoms with van der Waals surface area (Å²) in [7, 11) is -4.01. The van der Waals surface area contributed by atoms with Gasteiger partial charge in [-0.05, 0) is 47.1 Å². The quantitative estimate of drug-likeness (QED) is 0.0360. The van der Waals surface area contributed by atoms with Gasteiger partial charge in [0, 0.05) is 24.5 Å². The second-order valence-electron chi connectivity index (χ2n) is 12.6. The monoisotopic (exact) mass is 765 g/mol. The molecule has 54 heavy (non-hydrogen) atoms. The number of nitrogens with two attached hydrogens (primary N) is 2. The molecule has 3 atom stereocenters. The summed E-state index contributed by atoms with van der Waals surface area (Å²) in [4.78, 5) is 50.0. The Kier molecular flexibility index (Phi) is 14.2. The maximum Gasteiger partial charge on any atom is 0.243 e. The third kappa shape index (κ3) is 12.2. The second kappa shape index (κ2) is 19.4. The molecule has 1 aromatic heterocycles. The van der Waals surface area contributed by atoms with Crippen LogP contribution in [0.5, 0.6) is 0 Å². The summed E-state index contributed by atoms with van der Waals surface area (Å²) in [6.45, 7) is 0.234. The van der Waals surface area contributed by atoms with Gasteiger partial charge in [-0.25, -0.2) is 18.1 Å². The number of Topliss-reactive ketones (excluding diaryl/α,β-unsaturated/α-hetero) is 1. The number of carbonyl (C=O) groups excluding carboxylic acids is 3. The highest BCUT2D eigenvalue weighted by Gasteiger charge is 2.32. The van der Waals surface area contributed by atoms with Gasteiger partial charge in [-0.15, -0.1) is 11.3 Å². The fourth-order valence-electron chi connectivity index (χ4n) is 5.81. The van der Waals surface area contributed by atoms with E-state index in [4.69, 9.17) is 11.5 Å². The fourth-order valence-corrected chi connectivity index (χ4v) is 7.78. The van der Waals surface area contributed by atoms with Crippen molar-refractivity contribution >= 4 is 44.9 Å². The molecule has 0 aliphatic carbocycles. The van der Waals surface area contributed by atoms with E-state index < -0.39 is 45.7 Å². The number of nitrogens with one attached hydrogen (secondary N) is 3. The number of amides is 2. The average molecular weight is 766 g/mol. The topological polar surface area (TPSA) is 199 Å². The van der Waals surface area contributed by atoms with Crippen LogP contribution in [0.1, 0.15) is 39.3 Å². The first-order valence-corrected chi connectivity index (χ1v) is 19.9. The lowest BCUT2D eigenvalue weighted by molar-refractivity contribution is -0.130. The highest BCUT2D eigenvalue weighted by Crippen LogP contribution is 2.20. The molecule has 14 heteroatoms. The van der Waals surface area contributed by atoms with Gasteiger partial charge in [0.15, 0.2) is 11.0 Å². The number of ketones is 1. The lowest BCUT2D eigenvalue weighted by Gasteiger charge is -2.25. The van der Waals surface area contributed by atoms with E-state index in [1.807, 2.05) is 60.7 Å². The maximum absolute atomic E-state index is 14.2. The Morgan fingerprint density at radius 1 is 0.685 bits per heavy atom. The van der Waals surface area contributed by atoms with Gasteiger partial charge in [0.1, 0.15) is 12.1 Å². The molecule has 0 aliphatic heterocycles. The zero-order valence-corrected chi connectivity index (χ0v) is 31.1. The summed E-state index contributed by atoms with van der Waals surface area (Å²) in [5, 5.41) is 7.55. The molecular weight excluding hydrogens is 723 g/mol. The molecule has 4 aromatic carbocycles. The molecule has 0 spiro atoms. The SMILES string of the molecule is NC(N)=NCCCC(NC(=O)C(Cc1ccc(-c2ccccc2)cc1)NC(=O)C(Cc1ccccc1)NS(=O)(=O)Cc1ccccc1)C(=O)c1nccs1. The lowest BCUT2D eigenvalue weighted by atomic mass is 9.99. The second-order valence-corrected chi connectivity index (χ2v) is 15.3. The van der Waals surface area contributed by atoms with Gasteiger partial charge in [0.05, 0.1) is 11.8 Å². The van der Waals surface area contributed by atoms with Crippen molar-refractivity contribution in [2.24, 2.45) is 16.5 Å². The highest BCUT2D eigenvalue weighted by molar-refractivity contribution is 7.88. The van der Waals surface area contributed by atoms with Gasteiger partial charge in [0.2, 0.25) is 27.6 Å². The molecule has 0 saturated carbocycles. The van der Waals surface area contributed by atoms with Gasteiger partial charge in [-0.1, -0.05) is 115 Å². The molecular formula is C40H43N7O5S2. The van der Waals surface area contributed by atoms with Crippen molar-refractivity contribution in [3.63, 3.8) is 0 Å². The molecule has 5 rings (SSSR count). The first-order chi connectivity index (χ1) is 26.1. The smallest absolute Gasteiger partial charge is 0.243 e. The van der Waals surface area contributed by atoms with Crippen LogP contribution in [0.25, 0.3) is 11.1 Å². The Morgan fingerprint density at radius 3 is 1.83 bits per heavy atom. The predicted octanol–water partition coefficient (Wildman–Crippen LogP) is 3.99. The van der Waals surface area contributed by atoms with Crippen molar-refractivity contribution in [2.45, 2.75) is 49.6 Å². The number of benzene rings is 4. The molecule has 1 heterocycles. The minimum absolute atomic E-state index is 0.0246. The number of rotatable bonds is 19. The van der Waals surface area contributed by atoms with Gasteiger partial charge in [-0.2, -0.15) is 0 Å². The normalized spacial score (nSPS) is 12.9. The van der Waals surface area contributed by atoms with Gasteiger partial charge >= 0.3 is 0 Å². The van der Waals surface area contributed by atoms with Crippen molar-refractivity contribution in [2.75, 3.05) is 6.54 Å². The molecule has 2 amide bonds. The van der Waals surface area contributed by atoms with Crippen molar-refractivity contribution in [1.29, 1.82) is 0 Å². The predicted molar refractivity (Wildman–Crippen MR) is 212 cm³/mol. The van der Waals surface area contributed by atoms with E-state index in [0.717, 1.165) is 28.0 Å². The number of sulfonamides is 1. The van der Waals surface area contributed by atoms with E-state index in [1.54, 1.807) is 60.0 Å². The zero-order valence-electron chi connectivity index (χ0n) is 29.5. The molecule has 280 valence electrons. The van der Waals surface area contributed by atoms with Crippen LogP contribution >= 0.6 is 11.3 Å². The standard InChI is InChI=1S/C40H43N7O5S2/c41-40(42)44-22-10-17-33(36(48)39-43-23-24-53-39)45-37(49)34(25-29-18-20-32(21-19-29)31-15-8-3-9-16-31)46-38(50)35(26-28-11-4-1-5-12-28)47-54(51,52)27-30-13-6-2-7-14-30/h1-9,11-16,18-21,23-24,33-35,47H,10,17,22,25-27H2,(H,45,49)(H,46,50)(H4,41,42,44). The minimum atomic E-state index is -4.01. The molecule has 0 bridgehead atoms. The summed E-state index contributed by atoms with van der Waals surface area (Å²) in [5.74, 6) is -2.15. The summed E-state index contributed by atoms with van der Waals surface area (Å²) in [6, 6.07) is 31.6. The summed E-state index contributed by atoms with van der Waals surface area (Å²) in [5.41, 5.74) is 14.9. The molecule has 0 fully saturated rings. The van der Waals surface area contributed by atoms with Crippen LogP contribution in [-0.2, 0) is 38.2 Å². The van der Waals surface area contributed by atoms with Crippen molar-refractivity contribution in [3.05, 3.63) is 149 Å². The first kappa shape index (κ1) is 39.5. The highest BCUT2D eigenvalue weighted by atomic mass is 32.2. The molecule has 12 nitrogen and oxygen atoms in total. The van der Waals surface area contributed by atoms with E-state index in [1.165, 1.54) is 6.20 Å². The number of hydrogen-bond acceptors (Lipinski definition) is 8. The first-order valence-electron chi connectivity index (χ1n) is 17.4. The largest absolute Gasteiger partial charge is 0.370 e. The van der Waals surface area contributed by atoms with Crippen LogP contribution in [0.4, 0.5) is 0 Å². The minimum Gasteiger partial charge on any atom is -0.370 e. The molecule has 0 aliphatic rings. The van der Waals surface area contributed by atoms with Crippen molar-refractivity contribution in [3.8, 4) is 11.1 Å². The lowest BCUT2D eigenvalue weighted by Crippen LogP contribution is -2.57. The van der Waals surface area contributed by atoms with Crippen LogP contribution in [-0.4, -0.2) is 61.6 Å². The molecule has 0 radical (unpaired) electrons. The molecule has 5 aromatic rings. The van der Waals surface area contributed by atoms with E-state index in [2.05, 4.69) is 25.3 Å². The van der Waals surface area contributed by atoms with Gasteiger partial charge < -0.3 is 22.1 Å². The Labute approximate surface area is 319 Å². The zero-order chi connectivity index (χ0) is 38.3. The van der Waals surface area contributed by atoms with Crippen LogP contribution < -0.4 is 26.8 Å². The Hall–Kier alpha value is -5.70. The third-order valence-corrected chi connectivity index (χ3v) is 10.6. The Balaban J connectivity index is 1.42. The summed E-state index contributed by atoms with van der Waals surface area (Å²) < 4.78 is 29.4. The number of thiazole rings is 1. The van der Waals surface area contributed by atoms with Crippen LogP contribution in [0.3, 0.4) is 0 Å². The van der Waals surface area contributed by atoms with Crippen molar-refractivity contribution in [1.82, 2.24) is 20.3 Å². The van der Waals surface area contributed by atoms with Crippen LogP contribution in [0.15, 0.2) is 132 Å². The molecule has 3 unspecified atom stereocenters. The summed E-state index contributed by atoms with van der Waals surface area (Å²) in [6.07, 6.45) is 2.15. The van der Waals surface area contributed by atoms with E-state index >= 15 is 0 Å². The number of nitrogens with zero attached hydrogens (tertiary/aromatic N) is 2. The number of aromatic nitrogens is 1. The van der Waals surface area contributed by atoms with Gasteiger partial charge in [0.25, 0.3) is 0 Å². The number of aliphatic imine (C=N–C) groups is 1. The molecule has 0 saturated heterocycles. The number of guanidine groups is 1. The summed E-state index contributed by atoms with van der Waals surface area (Å²) >= 11 is 1.15. The number of hydrogen-bond donors (Lipinski definition) is 5. The number of carbonyl (C=O) groups is 3. The van der Waals surface area contributed by atoms with E-state index in [9.17, 15) is 22.8 Å². The van der Waals surface area contributed by atoms with Crippen LogP contribution in [0, 0.1) is 0 Å². The Morgan fingerprint density at radius 2 is 1.22 bits per heavy atom. The van der Waals surface area contributed by atoms with Crippen molar-refractivity contribution < 1.29 is 22.8 Å². The van der Waals surface area contributed by atoms with E-state index in [0.29, 0.717) is 17.5 Å². The molecule has 7 N–H and O–H groups in total. The fraction of sp³-hybridized carbons (Fsp3) is 0.225. The van der Waals surface area contributed by atoms with Gasteiger partial charge in [-0.3, -0.25) is 19.4 Å². The maximum atomic E-state index is 14.2. The Bertz CT molecular complexity index is 2090.